The van der Waals surface area contributed by atoms with Gasteiger partial charge in [-0.05, 0) is 36.8 Å². The van der Waals surface area contributed by atoms with E-state index in [0.717, 1.165) is 21.1 Å². The van der Waals surface area contributed by atoms with Crippen molar-refractivity contribution in [2.45, 2.75) is 23.1 Å². The maximum Gasteiger partial charge on any atom is 0.102 e. The van der Waals surface area contributed by atoms with E-state index in [9.17, 15) is 5.11 Å². The molecule has 0 fully saturated rings. The number of nitrogens with one attached hydrogen (secondary N) is 1. The van der Waals surface area contributed by atoms with Crippen LogP contribution in [0.3, 0.4) is 0 Å². The van der Waals surface area contributed by atoms with Gasteiger partial charge in [0.25, 0.3) is 0 Å². The van der Waals surface area contributed by atoms with Crippen LogP contribution in [0.4, 0.5) is 0 Å². The number of aromatic nitrogens is 2. The molecule has 0 bridgehead atoms. The van der Waals surface area contributed by atoms with Crippen LogP contribution in [-0.2, 0) is 0 Å². The molecule has 0 aliphatic rings. The second-order valence-corrected chi connectivity index (χ2v) is 5.49. The van der Waals surface area contributed by atoms with Crippen molar-refractivity contribution in [3.63, 3.8) is 0 Å². The highest BCUT2D eigenvalue weighted by atomic mass is 32.2. The molecule has 3 nitrogen and oxygen atoms in total. The summed E-state index contributed by atoms with van der Waals surface area (Å²) in [4.78, 5) is 7.67. The Bertz CT molecular complexity index is 673. The fourth-order valence-electron chi connectivity index (χ4n) is 1.95. The molecule has 0 unspecified atom stereocenters. The van der Waals surface area contributed by atoms with E-state index in [1.54, 1.807) is 24.9 Å². The predicted octanol–water partition coefficient (Wildman–Crippen LogP) is 3.77. The number of pyridine rings is 1. The molecule has 0 aliphatic heterocycles. The lowest BCUT2D eigenvalue weighted by Crippen LogP contribution is -1.92. The Morgan fingerprint density at radius 1 is 1.21 bits per heavy atom. The lowest BCUT2D eigenvalue weighted by molar-refractivity contribution is 0.199. The zero-order valence-corrected chi connectivity index (χ0v) is 11.3. The van der Waals surface area contributed by atoms with Gasteiger partial charge < -0.3 is 10.1 Å². The summed E-state index contributed by atoms with van der Waals surface area (Å²) in [7, 11) is 0. The average Bonchev–Trinajstić information content (AvgIpc) is 2.81. The summed E-state index contributed by atoms with van der Waals surface area (Å²) in [5, 5.41) is 12.7. The summed E-state index contributed by atoms with van der Waals surface area (Å²) < 4.78 is 0. The molecular weight excluding hydrogens is 256 g/mol. The molecule has 0 radical (unpaired) electrons. The van der Waals surface area contributed by atoms with Gasteiger partial charge in [0.1, 0.15) is 5.03 Å². The van der Waals surface area contributed by atoms with Crippen LogP contribution in [0.2, 0.25) is 0 Å². The number of hydrogen-bond donors (Lipinski definition) is 2. The molecule has 0 saturated heterocycles. The fourth-order valence-corrected chi connectivity index (χ4v) is 2.84. The van der Waals surface area contributed by atoms with Crippen molar-refractivity contribution in [1.29, 1.82) is 0 Å². The standard InChI is InChI=1S/C15H14N2OS/c1-10(18)11-6-7-16-14(8-11)19-15-9-12-4-2-3-5-13(12)17-15/h2-10,17-18H,1H3/t10-/m0/s1. The van der Waals surface area contributed by atoms with Crippen LogP contribution in [0.25, 0.3) is 10.9 Å². The van der Waals surface area contributed by atoms with Gasteiger partial charge in [0.15, 0.2) is 0 Å². The number of aliphatic hydroxyl groups is 1. The van der Waals surface area contributed by atoms with Gasteiger partial charge in [-0.25, -0.2) is 4.98 Å². The molecule has 2 aromatic heterocycles. The number of benzene rings is 1. The van der Waals surface area contributed by atoms with E-state index < -0.39 is 6.10 Å². The number of para-hydroxylation sites is 1. The first-order chi connectivity index (χ1) is 9.22. The van der Waals surface area contributed by atoms with E-state index >= 15 is 0 Å². The van der Waals surface area contributed by atoms with Crippen molar-refractivity contribution in [2.75, 3.05) is 0 Å². The zero-order chi connectivity index (χ0) is 13.2. The minimum Gasteiger partial charge on any atom is -0.389 e. The Labute approximate surface area is 115 Å². The van der Waals surface area contributed by atoms with Crippen molar-refractivity contribution in [3.8, 4) is 0 Å². The summed E-state index contributed by atoms with van der Waals surface area (Å²) in [6.07, 6.45) is 1.26. The smallest absolute Gasteiger partial charge is 0.102 e. The number of hydrogen-bond acceptors (Lipinski definition) is 3. The molecule has 96 valence electrons. The largest absolute Gasteiger partial charge is 0.389 e. The molecule has 2 heterocycles. The number of nitrogens with zero attached hydrogens (tertiary/aromatic N) is 1. The topological polar surface area (TPSA) is 48.9 Å². The third-order valence-corrected chi connectivity index (χ3v) is 3.83. The third-order valence-electron chi connectivity index (χ3n) is 2.96. The van der Waals surface area contributed by atoms with Crippen LogP contribution in [-0.4, -0.2) is 15.1 Å². The summed E-state index contributed by atoms with van der Waals surface area (Å²) in [5.74, 6) is 0. The van der Waals surface area contributed by atoms with Crippen LogP contribution < -0.4 is 0 Å². The van der Waals surface area contributed by atoms with Gasteiger partial charge in [-0.2, -0.15) is 0 Å². The Kier molecular flexibility index (Phi) is 3.27. The number of rotatable bonds is 3. The molecule has 19 heavy (non-hydrogen) atoms. The van der Waals surface area contributed by atoms with Crippen molar-refractivity contribution in [3.05, 3.63) is 54.2 Å². The van der Waals surface area contributed by atoms with Gasteiger partial charge in [-0.1, -0.05) is 30.0 Å². The fraction of sp³-hybridized carbons (Fsp3) is 0.133. The second-order valence-electron chi connectivity index (χ2n) is 4.43. The second kappa shape index (κ2) is 5.07. The summed E-state index contributed by atoms with van der Waals surface area (Å²) >= 11 is 1.57. The Morgan fingerprint density at radius 2 is 2.05 bits per heavy atom. The minimum absolute atomic E-state index is 0.468. The van der Waals surface area contributed by atoms with E-state index in [4.69, 9.17) is 0 Å². The summed E-state index contributed by atoms with van der Waals surface area (Å²) in [6.45, 7) is 1.76. The Morgan fingerprint density at radius 3 is 2.84 bits per heavy atom. The lowest BCUT2D eigenvalue weighted by atomic mass is 10.2. The molecule has 2 N–H and O–H groups in total. The van der Waals surface area contributed by atoms with E-state index in [1.807, 2.05) is 24.3 Å². The van der Waals surface area contributed by atoms with E-state index in [0.29, 0.717) is 0 Å². The van der Waals surface area contributed by atoms with Gasteiger partial charge in [-0.15, -0.1) is 0 Å². The molecule has 0 amide bonds. The Balaban J connectivity index is 1.90. The van der Waals surface area contributed by atoms with Crippen molar-refractivity contribution in [2.24, 2.45) is 0 Å². The van der Waals surface area contributed by atoms with Crippen LogP contribution in [0.5, 0.6) is 0 Å². The predicted molar refractivity (Wildman–Crippen MR) is 77.3 cm³/mol. The van der Waals surface area contributed by atoms with Crippen LogP contribution >= 0.6 is 11.8 Å². The van der Waals surface area contributed by atoms with Gasteiger partial charge >= 0.3 is 0 Å². The number of fused-ring (bicyclic) bond motifs is 1. The quantitative estimate of drug-likeness (QED) is 0.761. The lowest BCUT2D eigenvalue weighted by Gasteiger charge is -2.05. The van der Waals surface area contributed by atoms with Crippen molar-refractivity contribution >= 4 is 22.7 Å². The number of aliphatic hydroxyl groups excluding tert-OH is 1. The molecule has 4 heteroatoms. The van der Waals surface area contributed by atoms with Crippen LogP contribution in [0.1, 0.15) is 18.6 Å². The first-order valence-corrected chi connectivity index (χ1v) is 6.93. The maximum atomic E-state index is 9.58. The van der Waals surface area contributed by atoms with E-state index in [-0.39, 0.29) is 0 Å². The summed E-state index contributed by atoms with van der Waals surface area (Å²) in [5.41, 5.74) is 2.00. The molecule has 0 saturated carbocycles. The van der Waals surface area contributed by atoms with Crippen LogP contribution in [0, 0.1) is 0 Å². The number of aromatic amines is 1. The highest BCUT2D eigenvalue weighted by Crippen LogP contribution is 2.29. The molecule has 0 spiro atoms. The molecule has 1 aromatic carbocycles. The van der Waals surface area contributed by atoms with Gasteiger partial charge in [0.2, 0.25) is 0 Å². The SMILES string of the molecule is C[C@H](O)c1ccnc(Sc2cc3ccccc3[nH]2)c1. The first-order valence-electron chi connectivity index (χ1n) is 6.12. The van der Waals surface area contributed by atoms with E-state index in [1.165, 1.54) is 5.39 Å². The minimum atomic E-state index is -0.468. The molecule has 3 aromatic rings. The molecule has 0 aliphatic carbocycles. The van der Waals surface area contributed by atoms with Gasteiger partial charge in [-0.3, -0.25) is 0 Å². The summed E-state index contributed by atoms with van der Waals surface area (Å²) in [6, 6.07) is 14.0. The normalized spacial score (nSPS) is 12.7. The highest BCUT2D eigenvalue weighted by Gasteiger charge is 2.06. The highest BCUT2D eigenvalue weighted by molar-refractivity contribution is 7.99. The Hall–Kier alpha value is -1.78. The molecule has 1 atom stereocenters. The maximum absolute atomic E-state index is 9.58. The molecular formula is C15H14N2OS. The van der Waals surface area contributed by atoms with Gasteiger partial charge in [0, 0.05) is 17.1 Å². The first kappa shape index (κ1) is 12.3. The monoisotopic (exact) mass is 270 g/mol. The molecule has 3 rings (SSSR count). The zero-order valence-electron chi connectivity index (χ0n) is 10.5. The van der Waals surface area contributed by atoms with Crippen molar-refractivity contribution < 1.29 is 5.11 Å². The number of H-pyrrole nitrogens is 1. The van der Waals surface area contributed by atoms with E-state index in [2.05, 4.69) is 28.2 Å². The van der Waals surface area contributed by atoms with Gasteiger partial charge in [0.05, 0.1) is 11.1 Å². The van der Waals surface area contributed by atoms with Crippen molar-refractivity contribution in [1.82, 2.24) is 9.97 Å². The average molecular weight is 270 g/mol. The van der Waals surface area contributed by atoms with Crippen LogP contribution in [0.15, 0.2) is 58.7 Å². The third kappa shape index (κ3) is 2.64.